The van der Waals surface area contributed by atoms with Gasteiger partial charge in [-0.25, -0.2) is 17.9 Å². The number of anilines is 1. The molecule has 25 heavy (non-hydrogen) atoms. The summed E-state index contributed by atoms with van der Waals surface area (Å²) >= 11 is 0. The zero-order chi connectivity index (χ0) is 18.4. The predicted octanol–water partition coefficient (Wildman–Crippen LogP) is 1.20. The predicted molar refractivity (Wildman–Crippen MR) is 87.5 cm³/mol. The second-order valence-electron chi connectivity index (χ2n) is 5.08. The number of carbonyl (C=O) groups is 2. The lowest BCUT2D eigenvalue weighted by atomic mass is 10.1. The van der Waals surface area contributed by atoms with Crippen LogP contribution in [0.15, 0.2) is 53.4 Å². The number of ether oxygens (including phenoxy) is 1. The van der Waals surface area contributed by atoms with E-state index in [0.717, 1.165) is 0 Å². The summed E-state index contributed by atoms with van der Waals surface area (Å²) in [7, 11) is -3.81. The van der Waals surface area contributed by atoms with Crippen LogP contribution in [0.25, 0.3) is 0 Å². The topological polar surface area (TPSA) is 116 Å². The number of sulfonamides is 1. The fraction of sp³-hybridized carbons (Fsp3) is 0.125. The van der Waals surface area contributed by atoms with E-state index in [9.17, 15) is 22.4 Å². The van der Waals surface area contributed by atoms with Crippen LogP contribution < -0.4 is 10.5 Å². The molecule has 0 bridgehead atoms. The molecular weight excluding hydrogens is 351 g/mol. The number of esters is 1. The monoisotopic (exact) mass is 366 g/mol. The van der Waals surface area contributed by atoms with Crippen molar-refractivity contribution < 1.29 is 27.1 Å². The van der Waals surface area contributed by atoms with Gasteiger partial charge in [0.1, 0.15) is 5.82 Å². The summed E-state index contributed by atoms with van der Waals surface area (Å²) in [6.07, 6.45) is -0.159. The molecule has 0 saturated carbocycles. The molecule has 2 aromatic rings. The van der Waals surface area contributed by atoms with Crippen LogP contribution in [0.4, 0.5) is 10.1 Å². The van der Waals surface area contributed by atoms with Crippen molar-refractivity contribution in [2.45, 2.75) is 11.3 Å². The molecule has 0 aliphatic rings. The number of halogens is 1. The van der Waals surface area contributed by atoms with Crippen LogP contribution in [0.5, 0.6) is 0 Å². The molecule has 0 spiro atoms. The maximum atomic E-state index is 13.0. The largest absolute Gasteiger partial charge is 0.455 e. The Kier molecular flexibility index (Phi) is 5.84. The van der Waals surface area contributed by atoms with E-state index in [4.69, 9.17) is 9.88 Å². The number of nitrogens with one attached hydrogen (secondary N) is 1. The quantitative estimate of drug-likeness (QED) is 0.745. The van der Waals surface area contributed by atoms with Crippen molar-refractivity contribution in [3.8, 4) is 0 Å². The number of carbonyl (C=O) groups excluding carboxylic acids is 2. The molecule has 7 nitrogen and oxygen atoms in total. The highest BCUT2D eigenvalue weighted by Gasteiger charge is 2.11. The number of hydrogen-bond acceptors (Lipinski definition) is 5. The first-order valence-electron chi connectivity index (χ1n) is 7.07. The fourth-order valence-electron chi connectivity index (χ4n) is 1.94. The van der Waals surface area contributed by atoms with Gasteiger partial charge in [0.2, 0.25) is 10.0 Å². The van der Waals surface area contributed by atoms with Crippen molar-refractivity contribution in [1.29, 1.82) is 0 Å². The van der Waals surface area contributed by atoms with Gasteiger partial charge in [-0.3, -0.25) is 9.59 Å². The second kappa shape index (κ2) is 7.86. The van der Waals surface area contributed by atoms with Crippen molar-refractivity contribution >= 4 is 27.6 Å². The lowest BCUT2D eigenvalue weighted by molar-refractivity contribution is -0.146. The van der Waals surface area contributed by atoms with Crippen molar-refractivity contribution in [3.05, 3.63) is 59.9 Å². The first kappa shape index (κ1) is 18.6. The summed E-state index contributed by atoms with van der Waals surface area (Å²) < 4.78 is 40.1. The van der Waals surface area contributed by atoms with Crippen LogP contribution in [0.2, 0.25) is 0 Å². The van der Waals surface area contributed by atoms with Crippen molar-refractivity contribution in [2.75, 3.05) is 11.9 Å². The van der Waals surface area contributed by atoms with Gasteiger partial charge < -0.3 is 10.1 Å². The van der Waals surface area contributed by atoms with Crippen molar-refractivity contribution in [2.24, 2.45) is 5.14 Å². The van der Waals surface area contributed by atoms with E-state index in [2.05, 4.69) is 5.32 Å². The Morgan fingerprint density at radius 3 is 2.40 bits per heavy atom. The molecule has 0 heterocycles. The standard InChI is InChI=1S/C16H15FN2O5S/c17-12-3-1-2-11(8-12)9-16(21)24-10-15(20)19-13-4-6-14(7-5-13)25(18,22)23/h1-8H,9-10H2,(H,19,20)(H2,18,22,23). The summed E-state index contributed by atoms with van der Waals surface area (Å²) in [5.74, 6) is -1.74. The van der Waals surface area contributed by atoms with E-state index in [1.807, 2.05) is 0 Å². The van der Waals surface area contributed by atoms with Crippen LogP contribution >= 0.6 is 0 Å². The summed E-state index contributed by atoms with van der Waals surface area (Å²) in [4.78, 5) is 23.3. The van der Waals surface area contributed by atoms with Crippen LogP contribution in [0.1, 0.15) is 5.56 Å². The number of nitrogens with two attached hydrogens (primary N) is 1. The van der Waals surface area contributed by atoms with Crippen molar-refractivity contribution in [3.63, 3.8) is 0 Å². The molecule has 0 atom stereocenters. The normalized spacial score (nSPS) is 11.0. The summed E-state index contributed by atoms with van der Waals surface area (Å²) in [5, 5.41) is 7.40. The Morgan fingerprint density at radius 1 is 1.12 bits per heavy atom. The molecule has 0 aliphatic heterocycles. The molecule has 3 N–H and O–H groups in total. The van der Waals surface area contributed by atoms with Crippen LogP contribution in [-0.4, -0.2) is 26.9 Å². The molecule has 0 aliphatic carbocycles. The van der Waals surface area contributed by atoms with Gasteiger partial charge in [0.05, 0.1) is 11.3 Å². The molecule has 0 saturated heterocycles. The van der Waals surface area contributed by atoms with E-state index in [1.54, 1.807) is 6.07 Å². The smallest absolute Gasteiger partial charge is 0.310 e. The highest BCUT2D eigenvalue weighted by Crippen LogP contribution is 2.12. The maximum absolute atomic E-state index is 13.0. The zero-order valence-electron chi connectivity index (χ0n) is 12.9. The van der Waals surface area contributed by atoms with E-state index in [1.165, 1.54) is 42.5 Å². The Bertz CT molecular complexity index is 882. The van der Waals surface area contributed by atoms with E-state index in [0.29, 0.717) is 11.3 Å². The number of hydrogen-bond donors (Lipinski definition) is 2. The second-order valence-corrected chi connectivity index (χ2v) is 6.65. The van der Waals surface area contributed by atoms with Gasteiger partial charge in [-0.2, -0.15) is 0 Å². The summed E-state index contributed by atoms with van der Waals surface area (Å²) in [6.45, 7) is -0.523. The molecule has 0 fully saturated rings. The average Bonchev–Trinajstić information content (AvgIpc) is 2.53. The molecule has 0 aromatic heterocycles. The summed E-state index contributed by atoms with van der Waals surface area (Å²) in [5.41, 5.74) is 0.752. The Labute approximate surface area is 143 Å². The zero-order valence-corrected chi connectivity index (χ0v) is 13.8. The third-order valence-electron chi connectivity index (χ3n) is 3.07. The minimum atomic E-state index is -3.81. The van der Waals surface area contributed by atoms with Gasteiger partial charge in [0.25, 0.3) is 5.91 Å². The van der Waals surface area contributed by atoms with Crippen molar-refractivity contribution in [1.82, 2.24) is 0 Å². The average molecular weight is 366 g/mol. The molecular formula is C16H15FN2O5S. The van der Waals surface area contributed by atoms with E-state index < -0.39 is 34.3 Å². The third kappa shape index (κ3) is 5.98. The number of rotatable bonds is 6. The SMILES string of the molecule is NS(=O)(=O)c1ccc(NC(=O)COC(=O)Cc2cccc(F)c2)cc1. The van der Waals surface area contributed by atoms with E-state index in [-0.39, 0.29) is 11.3 Å². The third-order valence-corrected chi connectivity index (χ3v) is 4.00. The minimum Gasteiger partial charge on any atom is -0.455 e. The maximum Gasteiger partial charge on any atom is 0.310 e. The first-order valence-corrected chi connectivity index (χ1v) is 8.61. The molecule has 132 valence electrons. The van der Waals surface area contributed by atoms with Crippen LogP contribution in [0, 0.1) is 5.82 Å². The lowest BCUT2D eigenvalue weighted by Crippen LogP contribution is -2.21. The van der Waals surface area contributed by atoms with Gasteiger partial charge in [0.15, 0.2) is 6.61 Å². The Balaban J connectivity index is 1.83. The molecule has 0 radical (unpaired) electrons. The molecule has 0 unspecified atom stereocenters. The van der Waals surface area contributed by atoms with Gasteiger partial charge in [-0.15, -0.1) is 0 Å². The van der Waals surface area contributed by atoms with Gasteiger partial charge >= 0.3 is 5.97 Å². The summed E-state index contributed by atoms with van der Waals surface area (Å²) in [6, 6.07) is 10.7. The lowest BCUT2D eigenvalue weighted by Gasteiger charge is -2.07. The molecule has 1 amide bonds. The van der Waals surface area contributed by atoms with Gasteiger partial charge in [0, 0.05) is 5.69 Å². The Morgan fingerprint density at radius 2 is 1.80 bits per heavy atom. The fourth-order valence-corrected chi connectivity index (χ4v) is 2.45. The van der Waals surface area contributed by atoms with Gasteiger partial charge in [-0.05, 0) is 42.0 Å². The molecule has 2 aromatic carbocycles. The van der Waals surface area contributed by atoms with Gasteiger partial charge in [-0.1, -0.05) is 12.1 Å². The molecule has 9 heteroatoms. The number of primary sulfonamides is 1. The highest BCUT2D eigenvalue weighted by molar-refractivity contribution is 7.89. The minimum absolute atomic E-state index is 0.0907. The number of benzene rings is 2. The highest BCUT2D eigenvalue weighted by atomic mass is 32.2. The Hall–Kier alpha value is -2.78. The number of amides is 1. The molecule has 2 rings (SSSR count). The van der Waals surface area contributed by atoms with Crippen LogP contribution in [0.3, 0.4) is 0 Å². The van der Waals surface area contributed by atoms with Crippen LogP contribution in [-0.2, 0) is 30.8 Å². The first-order chi connectivity index (χ1) is 11.7. The van der Waals surface area contributed by atoms with E-state index >= 15 is 0 Å².